The summed E-state index contributed by atoms with van der Waals surface area (Å²) in [4.78, 5) is 8.54. The van der Waals surface area contributed by atoms with Gasteiger partial charge in [0.1, 0.15) is 24.3 Å². The van der Waals surface area contributed by atoms with E-state index in [1.54, 1.807) is 24.3 Å². The summed E-state index contributed by atoms with van der Waals surface area (Å²) in [5.74, 6) is 0. The van der Waals surface area contributed by atoms with Crippen LogP contribution in [0.15, 0.2) is 60.7 Å². The van der Waals surface area contributed by atoms with Crippen molar-refractivity contribution in [1.82, 2.24) is 19.1 Å². The summed E-state index contributed by atoms with van der Waals surface area (Å²) in [5.41, 5.74) is -12.2. The van der Waals surface area contributed by atoms with Crippen LogP contribution in [0.1, 0.15) is 22.3 Å². The molecular weight excluding hydrogens is 820 g/mol. The predicted molar refractivity (Wildman–Crippen MR) is 189 cm³/mol. The summed E-state index contributed by atoms with van der Waals surface area (Å²) in [6, 6.07) is 13.0. The molecule has 0 saturated heterocycles. The number of aromatic nitrogens is 4. The molecule has 0 atom stereocenters. The number of halogens is 12. The quantitative estimate of drug-likeness (QED) is 0.126. The van der Waals surface area contributed by atoms with Gasteiger partial charge in [0, 0.05) is 25.2 Å². The van der Waals surface area contributed by atoms with Gasteiger partial charge >= 0.3 is 24.7 Å². The lowest BCUT2D eigenvalue weighted by Gasteiger charge is -2.20. The van der Waals surface area contributed by atoms with Crippen LogP contribution < -0.4 is 11.0 Å². The molecule has 0 aliphatic rings. The van der Waals surface area contributed by atoms with Crippen LogP contribution >= 0.6 is 0 Å². The van der Waals surface area contributed by atoms with Crippen LogP contribution in [-0.2, 0) is 38.8 Å². The number of alkyl halides is 12. The first-order valence-electron chi connectivity index (χ1n) is 16.6. The lowest BCUT2D eigenvalue weighted by Crippen LogP contribution is -2.18. The third-order valence-electron chi connectivity index (χ3n) is 9.80. The topological polar surface area (TPSA) is 131 Å². The van der Waals surface area contributed by atoms with Crippen LogP contribution in [0.4, 0.5) is 52.7 Å². The second-order valence-electron chi connectivity index (χ2n) is 13.2. The van der Waals surface area contributed by atoms with E-state index in [0.717, 1.165) is 9.13 Å². The van der Waals surface area contributed by atoms with Crippen LogP contribution in [0.2, 0.25) is 0 Å². The maximum atomic E-state index is 14.8. The second-order valence-corrected chi connectivity index (χ2v) is 13.2. The Morgan fingerprint density at radius 2 is 0.817 bits per heavy atom. The Morgan fingerprint density at radius 1 is 0.483 bits per heavy atom. The number of nitrogens with zero attached hydrogens (tertiary/aromatic N) is 8. The fourth-order valence-corrected chi connectivity index (χ4v) is 7.28. The highest BCUT2D eigenvalue weighted by Gasteiger charge is 2.41. The lowest BCUT2D eigenvalue weighted by atomic mass is 9.87. The number of hydrogen-bond acceptors (Lipinski definition) is 6. The molecule has 7 rings (SSSR count). The third kappa shape index (κ3) is 6.43. The molecule has 0 bridgehead atoms. The Morgan fingerprint density at radius 3 is 1.10 bits per heavy atom. The van der Waals surface area contributed by atoms with E-state index in [2.05, 4.69) is 9.97 Å². The number of imidazole rings is 2. The van der Waals surface area contributed by atoms with Crippen molar-refractivity contribution in [3.05, 3.63) is 93.9 Å². The van der Waals surface area contributed by atoms with Crippen molar-refractivity contribution in [2.45, 2.75) is 24.7 Å². The molecule has 0 saturated carbocycles. The zero-order valence-corrected chi connectivity index (χ0v) is 29.9. The highest BCUT2D eigenvalue weighted by atomic mass is 19.4. The first-order valence-corrected chi connectivity index (χ1v) is 16.6. The number of nitriles is 4. The van der Waals surface area contributed by atoms with Gasteiger partial charge in [0.2, 0.25) is 0 Å². The molecular formula is C40H16F12N8. The Hall–Kier alpha value is -7.58. The van der Waals surface area contributed by atoms with Crippen LogP contribution in [0.3, 0.4) is 0 Å². The maximum Gasteiger partial charge on any atom is 0.417 e. The summed E-state index contributed by atoms with van der Waals surface area (Å²) in [7, 11) is 2.46. The Kier molecular flexibility index (Phi) is 9.13. The van der Waals surface area contributed by atoms with Gasteiger partial charge in [-0.2, -0.15) is 73.7 Å². The van der Waals surface area contributed by atoms with E-state index < -0.39 is 80.4 Å². The van der Waals surface area contributed by atoms with E-state index in [1.807, 2.05) is 0 Å². The zero-order chi connectivity index (χ0) is 44.0. The summed E-state index contributed by atoms with van der Waals surface area (Å²) in [5, 5.41) is 38.0. The molecule has 2 aromatic heterocycles. The summed E-state index contributed by atoms with van der Waals surface area (Å²) < 4.78 is 174. The normalized spacial score (nSPS) is 12.4. The van der Waals surface area contributed by atoms with Crippen LogP contribution in [0, 0.1) is 45.3 Å². The molecule has 7 aromatic rings. The van der Waals surface area contributed by atoms with Gasteiger partial charge in [-0.3, -0.25) is 0 Å². The average Bonchev–Trinajstić information content (AvgIpc) is 3.66. The van der Waals surface area contributed by atoms with Crippen LogP contribution in [0.5, 0.6) is 0 Å². The van der Waals surface area contributed by atoms with E-state index >= 15 is 0 Å². The van der Waals surface area contributed by atoms with E-state index in [4.69, 9.17) is 0 Å². The van der Waals surface area contributed by atoms with Crippen molar-refractivity contribution in [2.75, 3.05) is 0 Å². The summed E-state index contributed by atoms with van der Waals surface area (Å²) >= 11 is 0. The molecule has 0 amide bonds. The van der Waals surface area contributed by atoms with Gasteiger partial charge in [-0.15, -0.1) is 0 Å². The molecule has 300 valence electrons. The molecule has 5 aromatic carbocycles. The Balaban J connectivity index is 1.78. The molecule has 0 fully saturated rings. The monoisotopic (exact) mass is 836 g/mol. The van der Waals surface area contributed by atoms with Gasteiger partial charge < -0.3 is 9.13 Å². The largest absolute Gasteiger partial charge is 0.417 e. The molecule has 0 unspecified atom stereocenters. The lowest BCUT2D eigenvalue weighted by molar-refractivity contribution is -0.144. The molecule has 0 aliphatic heterocycles. The third-order valence-corrected chi connectivity index (χ3v) is 9.80. The van der Waals surface area contributed by atoms with Gasteiger partial charge in [0.05, 0.1) is 44.3 Å². The van der Waals surface area contributed by atoms with Crippen molar-refractivity contribution >= 4 is 54.8 Å². The first-order chi connectivity index (χ1) is 27.9. The Bertz CT molecular complexity index is 3080. The average molecular weight is 837 g/mol. The molecule has 0 N–H and O–H groups in total. The van der Waals surface area contributed by atoms with Crippen molar-refractivity contribution in [1.29, 1.82) is 21.0 Å². The van der Waals surface area contributed by atoms with Crippen molar-refractivity contribution in [3.63, 3.8) is 0 Å². The maximum absolute atomic E-state index is 14.8. The molecule has 0 radical (unpaired) electrons. The Labute approximate surface area is 326 Å². The van der Waals surface area contributed by atoms with Crippen molar-refractivity contribution < 1.29 is 52.7 Å². The number of aryl methyl sites for hydroxylation is 2. The van der Waals surface area contributed by atoms with E-state index in [9.17, 15) is 73.7 Å². The highest BCUT2D eigenvalue weighted by molar-refractivity contribution is 6.19. The number of fused-ring (bicyclic) bond motifs is 4. The molecule has 0 aliphatic carbocycles. The number of benzene rings is 5. The molecule has 60 heavy (non-hydrogen) atoms. The minimum Gasteiger partial charge on any atom is -0.325 e. The van der Waals surface area contributed by atoms with Gasteiger partial charge in [0.15, 0.2) is 22.1 Å². The number of rotatable bonds is 2. The molecule has 2 heterocycles. The smallest absolute Gasteiger partial charge is 0.325 e. The summed E-state index contributed by atoms with van der Waals surface area (Å²) in [6.07, 6.45) is -21.3. The van der Waals surface area contributed by atoms with Crippen molar-refractivity contribution in [2.24, 2.45) is 14.1 Å². The van der Waals surface area contributed by atoms with Crippen molar-refractivity contribution in [3.8, 4) is 46.5 Å². The molecule has 0 spiro atoms. The highest BCUT2D eigenvalue weighted by Crippen LogP contribution is 2.49. The van der Waals surface area contributed by atoms with Gasteiger partial charge in [-0.1, -0.05) is 12.1 Å². The fourth-order valence-electron chi connectivity index (χ4n) is 7.28. The van der Waals surface area contributed by atoms with E-state index in [-0.39, 0.29) is 66.7 Å². The minimum atomic E-state index is -5.43. The van der Waals surface area contributed by atoms with Gasteiger partial charge in [-0.25, -0.2) is 9.97 Å². The summed E-state index contributed by atoms with van der Waals surface area (Å²) in [6.45, 7) is 0. The SMILES string of the molecule is Cn1c(=C(C#N)C#N)nc2cc3cc4c(-c5ccc(C(F)(F)F)cc5C(F)(F)F)c5c(cc4cc3c(-c3ccc(C(F)(F)F)cc3C(F)(F)F)c21)nc(=C(C#N)C#N)n5C. The molecule has 20 heteroatoms. The zero-order valence-electron chi connectivity index (χ0n) is 29.9. The van der Waals surface area contributed by atoms with Crippen LogP contribution in [0.25, 0.3) is 77.0 Å². The molecule has 8 nitrogen and oxygen atoms in total. The predicted octanol–water partition coefficient (Wildman–Crippen LogP) is 9.57. The van der Waals surface area contributed by atoms with Crippen LogP contribution in [-0.4, -0.2) is 19.1 Å². The van der Waals surface area contributed by atoms with E-state index in [0.29, 0.717) is 24.3 Å². The first kappa shape index (κ1) is 40.6. The minimum absolute atomic E-state index is 0.108. The standard InChI is InChI=1S/C40H16F12N8/c1-59-33-29(57-35(59)19(13-53)14-54)9-17-8-26-18(7-25(17)31(33)23-5-3-21(37(41,42)43)11-27(23)39(47,48)49)10-30-34(60(2)36(58-30)20(15-55)16-56)32(26)24-6-4-22(38(44,45)46)12-28(24)40(50,51)52/h3-12H,1-2H3. The van der Waals surface area contributed by atoms with Gasteiger partial charge in [-0.05, 0) is 81.2 Å². The second kappa shape index (κ2) is 13.5. The van der Waals surface area contributed by atoms with E-state index in [1.165, 1.54) is 38.4 Å². The number of hydrogen-bond donors (Lipinski definition) is 0. The van der Waals surface area contributed by atoms with Gasteiger partial charge in [0.25, 0.3) is 0 Å². The fraction of sp³-hybridized carbons (Fsp3) is 0.150.